The molecule has 0 spiro atoms. The summed E-state index contributed by atoms with van der Waals surface area (Å²) in [5.74, 6) is 0. The van der Waals surface area contributed by atoms with Crippen molar-refractivity contribution in [3.63, 3.8) is 0 Å². The van der Waals surface area contributed by atoms with Crippen molar-refractivity contribution < 1.29 is 4.84 Å². The van der Waals surface area contributed by atoms with Gasteiger partial charge in [-0.1, -0.05) is 68.6 Å². The lowest BCUT2D eigenvalue weighted by molar-refractivity contribution is 0.00199. The van der Waals surface area contributed by atoms with E-state index in [9.17, 15) is 4.79 Å². The van der Waals surface area contributed by atoms with Crippen molar-refractivity contribution in [1.82, 2.24) is 9.55 Å². The molecule has 0 radical (unpaired) electrons. The maximum atomic E-state index is 12.2. The summed E-state index contributed by atoms with van der Waals surface area (Å²) in [6, 6.07) is 17.5. The van der Waals surface area contributed by atoms with Gasteiger partial charge < -0.3 is 14.3 Å². The average molecular weight is 504 g/mol. The van der Waals surface area contributed by atoms with Gasteiger partial charge in [-0.2, -0.15) is 5.26 Å². The molecule has 1 fully saturated rings. The van der Waals surface area contributed by atoms with Crippen LogP contribution in [0.1, 0.15) is 78.0 Å². The van der Waals surface area contributed by atoms with Crippen LogP contribution in [-0.4, -0.2) is 34.5 Å². The molecule has 2 heterocycles. The first kappa shape index (κ1) is 29.6. The fraction of sp³-hybridized carbons (Fsp3) is 0.467. The van der Waals surface area contributed by atoms with Crippen molar-refractivity contribution in [2.75, 3.05) is 11.9 Å². The zero-order valence-electron chi connectivity index (χ0n) is 23.4. The van der Waals surface area contributed by atoms with Crippen molar-refractivity contribution >= 4 is 22.9 Å². The van der Waals surface area contributed by atoms with Gasteiger partial charge in [-0.05, 0) is 51.3 Å². The lowest BCUT2D eigenvalue weighted by Gasteiger charge is -2.33. The van der Waals surface area contributed by atoms with Gasteiger partial charge in [-0.25, -0.2) is 4.98 Å². The first-order valence-electron chi connectivity index (χ1n) is 13.1. The van der Waals surface area contributed by atoms with E-state index in [0.29, 0.717) is 11.7 Å². The van der Waals surface area contributed by atoms with Gasteiger partial charge in [-0.15, -0.1) is 0 Å². The van der Waals surface area contributed by atoms with Crippen molar-refractivity contribution in [3.8, 4) is 6.07 Å². The Balaban J connectivity index is 0.000000275. The molecule has 1 aliphatic rings. The second-order valence-electron chi connectivity index (χ2n) is 9.85. The standard InChI is InChI=1S/C17H20N4O.C11H15NO.C2H6/c1-20(13-6-4-3-5-7-13)15-10-16(22)21(2)14-9-8-12(11-18)19-17(14)15;1-11(2,3)13-12-9-10-7-5-4-6-8-10;1-2/h8-10,13H,3-7H2,1-2H3;4-9H,1-3H3;1-2H3/b;12-9-;. The second-order valence-corrected chi connectivity index (χ2v) is 9.85. The molecule has 3 aromatic rings. The number of hydrogen-bond donors (Lipinski definition) is 0. The zero-order chi connectivity index (χ0) is 27.4. The number of aromatic nitrogens is 2. The third kappa shape index (κ3) is 8.75. The largest absolute Gasteiger partial charge is 0.390 e. The average Bonchev–Trinajstić information content (AvgIpc) is 2.92. The number of anilines is 1. The van der Waals surface area contributed by atoms with Crippen LogP contribution in [0.5, 0.6) is 0 Å². The van der Waals surface area contributed by atoms with Crippen molar-refractivity contribution in [2.45, 2.75) is 78.4 Å². The van der Waals surface area contributed by atoms with E-state index in [-0.39, 0.29) is 11.2 Å². The minimum atomic E-state index is -0.217. The third-order valence-electron chi connectivity index (χ3n) is 6.01. The number of nitrogens with zero attached hydrogens (tertiary/aromatic N) is 5. The molecule has 198 valence electrons. The van der Waals surface area contributed by atoms with Gasteiger partial charge >= 0.3 is 0 Å². The molecule has 37 heavy (non-hydrogen) atoms. The minimum absolute atomic E-state index is 0.0448. The first-order chi connectivity index (χ1) is 17.7. The number of aryl methyl sites for hydroxylation is 1. The summed E-state index contributed by atoms with van der Waals surface area (Å²) in [4.78, 5) is 24.1. The maximum Gasteiger partial charge on any atom is 0.252 e. The Morgan fingerprint density at radius 1 is 1.11 bits per heavy atom. The van der Waals surface area contributed by atoms with E-state index in [0.717, 1.165) is 35.1 Å². The second kappa shape index (κ2) is 14.2. The van der Waals surface area contributed by atoms with E-state index in [1.807, 2.05) is 72.0 Å². The van der Waals surface area contributed by atoms with Gasteiger partial charge in [0, 0.05) is 26.2 Å². The lowest BCUT2D eigenvalue weighted by Crippen LogP contribution is -2.34. The highest BCUT2D eigenvalue weighted by molar-refractivity contribution is 5.88. The van der Waals surface area contributed by atoms with E-state index in [2.05, 4.69) is 21.1 Å². The van der Waals surface area contributed by atoms with E-state index in [4.69, 9.17) is 10.1 Å². The van der Waals surface area contributed by atoms with Crippen LogP contribution in [0.15, 0.2) is 58.5 Å². The molecule has 1 aliphatic carbocycles. The van der Waals surface area contributed by atoms with E-state index >= 15 is 0 Å². The highest BCUT2D eigenvalue weighted by atomic mass is 16.6. The Hall–Kier alpha value is -3.66. The Labute approximate surface area is 221 Å². The molecule has 0 unspecified atom stereocenters. The first-order valence-corrected chi connectivity index (χ1v) is 13.1. The SMILES string of the molecule is CC.CC(C)(C)O/N=C\c1ccccc1.CN(c1cc(=O)n(C)c2ccc(C#N)nc12)C1CCCCC1. The number of pyridine rings is 2. The monoisotopic (exact) mass is 503 g/mol. The van der Waals surface area contributed by atoms with Gasteiger partial charge in [0.25, 0.3) is 5.56 Å². The molecule has 7 heteroatoms. The quantitative estimate of drug-likeness (QED) is 0.302. The van der Waals surface area contributed by atoms with Crippen LogP contribution in [0.3, 0.4) is 0 Å². The fourth-order valence-electron chi connectivity index (χ4n) is 4.09. The van der Waals surface area contributed by atoms with Crippen molar-refractivity contribution in [3.05, 3.63) is 70.1 Å². The van der Waals surface area contributed by atoms with E-state index in [1.165, 1.54) is 19.3 Å². The lowest BCUT2D eigenvalue weighted by atomic mass is 9.94. The summed E-state index contributed by atoms with van der Waals surface area (Å²) in [6.07, 6.45) is 7.75. The zero-order valence-corrected chi connectivity index (χ0v) is 23.4. The van der Waals surface area contributed by atoms with Crippen LogP contribution < -0.4 is 10.5 Å². The Bertz CT molecular complexity index is 1250. The molecule has 4 rings (SSSR count). The Morgan fingerprint density at radius 2 is 1.76 bits per heavy atom. The number of fused-ring (bicyclic) bond motifs is 1. The van der Waals surface area contributed by atoms with Crippen LogP contribution in [0.25, 0.3) is 11.0 Å². The molecule has 0 bridgehead atoms. The van der Waals surface area contributed by atoms with Crippen LogP contribution in [0.2, 0.25) is 0 Å². The van der Waals surface area contributed by atoms with E-state index in [1.54, 1.807) is 36.0 Å². The normalized spacial score (nSPS) is 13.7. The Kier molecular flexibility index (Phi) is 11.3. The van der Waals surface area contributed by atoms with Gasteiger partial charge in [0.15, 0.2) is 0 Å². The molecule has 1 saturated carbocycles. The molecule has 0 atom stereocenters. The summed E-state index contributed by atoms with van der Waals surface area (Å²) in [6.45, 7) is 9.90. The molecule has 0 saturated heterocycles. The summed E-state index contributed by atoms with van der Waals surface area (Å²) in [5.41, 5.74) is 3.50. The fourth-order valence-corrected chi connectivity index (χ4v) is 4.09. The molecule has 0 N–H and O–H groups in total. The molecular formula is C30H41N5O2. The van der Waals surface area contributed by atoms with Crippen LogP contribution in [0.4, 0.5) is 5.69 Å². The van der Waals surface area contributed by atoms with Gasteiger partial charge in [0.2, 0.25) is 0 Å². The summed E-state index contributed by atoms with van der Waals surface area (Å²) in [5, 5.41) is 13.0. The number of rotatable bonds is 4. The predicted molar refractivity (Wildman–Crippen MR) is 153 cm³/mol. The van der Waals surface area contributed by atoms with Crippen molar-refractivity contribution in [2.24, 2.45) is 12.2 Å². The van der Waals surface area contributed by atoms with Crippen molar-refractivity contribution in [1.29, 1.82) is 5.26 Å². The highest BCUT2D eigenvalue weighted by Crippen LogP contribution is 2.29. The molecule has 2 aromatic heterocycles. The number of benzene rings is 1. The highest BCUT2D eigenvalue weighted by Gasteiger charge is 2.21. The molecule has 0 aliphatic heterocycles. The molecule has 1 aromatic carbocycles. The number of hydrogen-bond acceptors (Lipinski definition) is 6. The number of oxime groups is 1. The van der Waals surface area contributed by atoms with Crippen LogP contribution in [0, 0.1) is 11.3 Å². The van der Waals surface area contributed by atoms with Crippen LogP contribution >= 0.6 is 0 Å². The van der Waals surface area contributed by atoms with Crippen LogP contribution in [-0.2, 0) is 11.9 Å². The Morgan fingerprint density at radius 3 is 2.35 bits per heavy atom. The topological polar surface area (TPSA) is 83.5 Å². The smallest absolute Gasteiger partial charge is 0.252 e. The number of nitriles is 1. The molecule has 0 amide bonds. The van der Waals surface area contributed by atoms with Gasteiger partial charge in [-0.3, -0.25) is 4.79 Å². The maximum absolute atomic E-state index is 12.2. The molecule has 7 nitrogen and oxygen atoms in total. The summed E-state index contributed by atoms with van der Waals surface area (Å²) in [7, 11) is 3.77. The summed E-state index contributed by atoms with van der Waals surface area (Å²) < 4.78 is 1.59. The van der Waals surface area contributed by atoms with Gasteiger partial charge in [0.05, 0.1) is 17.4 Å². The molecular weight excluding hydrogens is 462 g/mol. The third-order valence-corrected chi connectivity index (χ3v) is 6.01. The predicted octanol–water partition coefficient (Wildman–Crippen LogP) is 6.44. The van der Waals surface area contributed by atoms with E-state index < -0.39 is 0 Å². The summed E-state index contributed by atoms with van der Waals surface area (Å²) >= 11 is 0. The minimum Gasteiger partial charge on any atom is -0.390 e. The van der Waals surface area contributed by atoms with Gasteiger partial charge in [0.1, 0.15) is 22.9 Å².